The van der Waals surface area contributed by atoms with E-state index < -0.39 is 9.84 Å². The van der Waals surface area contributed by atoms with Gasteiger partial charge in [-0.2, -0.15) is 0 Å². The normalized spacial score (nSPS) is 24.1. The summed E-state index contributed by atoms with van der Waals surface area (Å²) in [6, 6.07) is 0. The molecule has 0 amide bonds. The Kier molecular flexibility index (Phi) is 4.84. The molecule has 0 radical (unpaired) electrons. The van der Waals surface area contributed by atoms with Gasteiger partial charge in [0.05, 0.1) is 5.75 Å². The van der Waals surface area contributed by atoms with Crippen LogP contribution in [-0.2, 0) is 9.84 Å². The van der Waals surface area contributed by atoms with Gasteiger partial charge in [0, 0.05) is 36.5 Å². The van der Waals surface area contributed by atoms with Crippen molar-refractivity contribution in [1.82, 2.24) is 10.2 Å². The van der Waals surface area contributed by atoms with Crippen molar-refractivity contribution in [3.05, 3.63) is 0 Å². The van der Waals surface area contributed by atoms with E-state index >= 15 is 0 Å². The molecule has 1 aliphatic rings. The van der Waals surface area contributed by atoms with Gasteiger partial charge in [-0.05, 0) is 34.1 Å². The van der Waals surface area contributed by atoms with Gasteiger partial charge in [0.1, 0.15) is 0 Å². The lowest BCUT2D eigenvalue weighted by Crippen LogP contribution is -2.66. The van der Waals surface area contributed by atoms with Crippen molar-refractivity contribution in [2.24, 2.45) is 0 Å². The molecule has 1 rings (SSSR count). The summed E-state index contributed by atoms with van der Waals surface area (Å²) in [4.78, 5) is 2.30. The van der Waals surface area contributed by atoms with Crippen LogP contribution in [0.3, 0.4) is 0 Å². The zero-order chi connectivity index (χ0) is 14.0. The quantitative estimate of drug-likeness (QED) is 0.822. The molecule has 0 atom stereocenters. The summed E-state index contributed by atoms with van der Waals surface area (Å²) in [5.41, 5.74) is 0.0846. The maximum Gasteiger partial charge on any atom is 0.151 e. The highest BCUT2D eigenvalue weighted by Crippen LogP contribution is 2.23. The fourth-order valence-electron chi connectivity index (χ4n) is 2.36. The van der Waals surface area contributed by atoms with E-state index in [1.54, 1.807) is 0 Å². The van der Waals surface area contributed by atoms with E-state index in [0.717, 1.165) is 13.1 Å². The summed E-state index contributed by atoms with van der Waals surface area (Å²) >= 11 is 0. The Bertz CT molecular complexity index is 374. The molecule has 0 aromatic carbocycles. The van der Waals surface area contributed by atoms with Crippen molar-refractivity contribution in [3.8, 4) is 0 Å². The van der Waals surface area contributed by atoms with Gasteiger partial charge in [-0.3, -0.25) is 4.90 Å². The smallest absolute Gasteiger partial charge is 0.151 e. The van der Waals surface area contributed by atoms with E-state index in [0.29, 0.717) is 18.7 Å². The molecular weight excluding hydrogens is 248 g/mol. The Morgan fingerprint density at radius 1 is 1.17 bits per heavy atom. The van der Waals surface area contributed by atoms with E-state index in [1.165, 1.54) is 0 Å². The topological polar surface area (TPSA) is 49.4 Å². The van der Waals surface area contributed by atoms with Crippen LogP contribution in [0.2, 0.25) is 0 Å². The predicted octanol–water partition coefficient (Wildman–Crippen LogP) is 1.27. The standard InChI is InChI=1S/C13H28N2O2S/c1-6-8-18(16,17)9-7-15-11-12(2,3)14-10-13(15,4)5/h14H,6-11H2,1-5H3. The second kappa shape index (κ2) is 5.47. The minimum Gasteiger partial charge on any atom is -0.309 e. The van der Waals surface area contributed by atoms with Crippen LogP contribution in [0.25, 0.3) is 0 Å². The van der Waals surface area contributed by atoms with Gasteiger partial charge in [-0.25, -0.2) is 8.42 Å². The van der Waals surface area contributed by atoms with Crippen LogP contribution in [0.4, 0.5) is 0 Å². The Hall–Kier alpha value is -0.130. The average molecular weight is 276 g/mol. The Morgan fingerprint density at radius 2 is 1.78 bits per heavy atom. The number of piperazine rings is 1. The van der Waals surface area contributed by atoms with Crippen LogP contribution in [0.15, 0.2) is 0 Å². The van der Waals surface area contributed by atoms with Crippen molar-refractivity contribution >= 4 is 9.84 Å². The molecule has 0 unspecified atom stereocenters. The summed E-state index contributed by atoms with van der Waals surface area (Å²) in [6.07, 6.45) is 0.707. The fraction of sp³-hybridized carbons (Fsp3) is 1.00. The zero-order valence-electron chi connectivity index (χ0n) is 12.4. The van der Waals surface area contributed by atoms with Crippen molar-refractivity contribution in [2.75, 3.05) is 31.1 Å². The molecule has 0 aromatic heterocycles. The Morgan fingerprint density at radius 3 is 2.33 bits per heavy atom. The first kappa shape index (κ1) is 15.9. The molecule has 18 heavy (non-hydrogen) atoms. The molecule has 1 N–H and O–H groups in total. The Balaban J connectivity index is 2.64. The molecule has 0 spiro atoms. The molecule has 1 aliphatic heterocycles. The molecule has 0 saturated carbocycles. The molecule has 4 nitrogen and oxygen atoms in total. The van der Waals surface area contributed by atoms with Crippen LogP contribution in [0.1, 0.15) is 41.0 Å². The number of rotatable bonds is 5. The van der Waals surface area contributed by atoms with Gasteiger partial charge in [-0.1, -0.05) is 6.92 Å². The molecular formula is C13H28N2O2S. The summed E-state index contributed by atoms with van der Waals surface area (Å²) in [6.45, 7) is 13.0. The van der Waals surface area contributed by atoms with E-state index in [4.69, 9.17) is 0 Å². The number of nitrogens with one attached hydrogen (secondary N) is 1. The lowest BCUT2D eigenvalue weighted by atomic mass is 9.92. The maximum absolute atomic E-state index is 11.8. The second-order valence-electron chi connectivity index (χ2n) is 6.62. The lowest BCUT2D eigenvalue weighted by Gasteiger charge is -2.49. The van der Waals surface area contributed by atoms with Gasteiger partial charge in [-0.15, -0.1) is 0 Å². The minimum atomic E-state index is -2.88. The summed E-state index contributed by atoms with van der Waals surface area (Å²) in [7, 11) is -2.88. The largest absolute Gasteiger partial charge is 0.309 e. The van der Waals surface area contributed by atoms with E-state index in [9.17, 15) is 8.42 Å². The van der Waals surface area contributed by atoms with Gasteiger partial charge in [0.15, 0.2) is 9.84 Å². The van der Waals surface area contributed by atoms with E-state index in [2.05, 4.69) is 37.9 Å². The first-order valence-electron chi connectivity index (χ1n) is 6.78. The highest BCUT2D eigenvalue weighted by Gasteiger charge is 2.37. The van der Waals surface area contributed by atoms with Crippen molar-refractivity contribution in [3.63, 3.8) is 0 Å². The van der Waals surface area contributed by atoms with Gasteiger partial charge in [0.25, 0.3) is 0 Å². The summed E-state index contributed by atoms with van der Waals surface area (Å²) in [5.74, 6) is 0.587. The molecule has 108 valence electrons. The van der Waals surface area contributed by atoms with E-state index in [1.807, 2.05) is 6.92 Å². The number of nitrogens with zero attached hydrogens (tertiary/aromatic N) is 1. The lowest BCUT2D eigenvalue weighted by molar-refractivity contribution is 0.0450. The predicted molar refractivity (Wildman–Crippen MR) is 76.7 cm³/mol. The number of hydrogen-bond donors (Lipinski definition) is 1. The molecule has 0 aromatic rings. The first-order chi connectivity index (χ1) is 8.08. The molecule has 5 heteroatoms. The van der Waals surface area contributed by atoms with Crippen molar-refractivity contribution in [2.45, 2.75) is 52.1 Å². The van der Waals surface area contributed by atoms with Crippen LogP contribution in [0.5, 0.6) is 0 Å². The average Bonchev–Trinajstić information content (AvgIpc) is 2.20. The molecule has 0 bridgehead atoms. The number of hydrogen-bond acceptors (Lipinski definition) is 4. The van der Waals surface area contributed by atoms with Crippen LogP contribution >= 0.6 is 0 Å². The Labute approximate surface area is 112 Å². The number of sulfone groups is 1. The summed E-state index contributed by atoms with van der Waals surface area (Å²) < 4.78 is 23.6. The highest BCUT2D eigenvalue weighted by molar-refractivity contribution is 7.91. The second-order valence-corrected chi connectivity index (χ2v) is 8.93. The van der Waals surface area contributed by atoms with Crippen LogP contribution in [0, 0.1) is 0 Å². The van der Waals surface area contributed by atoms with Crippen molar-refractivity contribution < 1.29 is 8.42 Å². The van der Waals surface area contributed by atoms with Gasteiger partial charge < -0.3 is 5.32 Å². The fourth-order valence-corrected chi connectivity index (χ4v) is 3.68. The van der Waals surface area contributed by atoms with Crippen LogP contribution < -0.4 is 5.32 Å². The van der Waals surface area contributed by atoms with Crippen LogP contribution in [-0.4, -0.2) is 55.5 Å². The molecule has 1 saturated heterocycles. The third kappa shape index (κ3) is 4.52. The highest BCUT2D eigenvalue weighted by atomic mass is 32.2. The van der Waals surface area contributed by atoms with Crippen molar-refractivity contribution in [1.29, 1.82) is 0 Å². The van der Waals surface area contributed by atoms with Gasteiger partial charge >= 0.3 is 0 Å². The zero-order valence-corrected chi connectivity index (χ0v) is 13.2. The maximum atomic E-state index is 11.8. The van der Waals surface area contributed by atoms with E-state index in [-0.39, 0.29) is 16.8 Å². The minimum absolute atomic E-state index is 0.0251. The summed E-state index contributed by atoms with van der Waals surface area (Å²) in [5, 5.41) is 3.51. The third-order valence-electron chi connectivity index (χ3n) is 3.63. The third-order valence-corrected chi connectivity index (χ3v) is 5.46. The van der Waals surface area contributed by atoms with Gasteiger partial charge in [0.2, 0.25) is 0 Å². The molecule has 1 fully saturated rings. The monoisotopic (exact) mass is 276 g/mol. The molecule has 0 aliphatic carbocycles. The SMILES string of the molecule is CCCS(=O)(=O)CCN1CC(C)(C)NCC1(C)C. The molecule has 1 heterocycles. The first-order valence-corrected chi connectivity index (χ1v) is 8.61.